The van der Waals surface area contributed by atoms with Gasteiger partial charge in [-0.15, -0.1) is 0 Å². The fraction of sp³-hybridized carbons (Fsp3) is 0.0952. The third-order valence-corrected chi connectivity index (χ3v) is 7.61. The van der Waals surface area contributed by atoms with Gasteiger partial charge in [0, 0.05) is 21.2 Å². The lowest BCUT2D eigenvalue weighted by Crippen LogP contribution is -2.49. The normalized spacial score (nSPS) is 17.7. The molecule has 2 N–H and O–H groups in total. The van der Waals surface area contributed by atoms with Gasteiger partial charge in [0.25, 0.3) is 21.6 Å². The fourth-order valence-corrected chi connectivity index (χ4v) is 5.82. The maximum atomic E-state index is 13.7. The molecule has 3 aromatic rings. The summed E-state index contributed by atoms with van der Waals surface area (Å²) in [7, 11) is -3.50. The van der Waals surface area contributed by atoms with Crippen LogP contribution in [0.2, 0.25) is 10.0 Å². The van der Waals surface area contributed by atoms with Crippen molar-refractivity contribution in [3.63, 3.8) is 0 Å². The van der Waals surface area contributed by atoms with Crippen LogP contribution in [0.3, 0.4) is 0 Å². The Morgan fingerprint density at radius 2 is 1.76 bits per heavy atom. The maximum absolute atomic E-state index is 13.7. The van der Waals surface area contributed by atoms with E-state index in [9.17, 15) is 23.3 Å². The first kappa shape index (κ1) is 23.0. The molecule has 0 bridgehead atoms. The highest BCUT2D eigenvalue weighted by Crippen LogP contribution is 2.48. The topological polar surface area (TPSA) is 133 Å². The number of ether oxygens (including phenoxy) is 1. The first-order valence-corrected chi connectivity index (χ1v) is 11.5. The predicted octanol–water partition coefficient (Wildman–Crippen LogP) is 3.85. The summed E-state index contributed by atoms with van der Waals surface area (Å²) in [4.78, 5) is 23.8. The van der Waals surface area contributed by atoms with Crippen LogP contribution in [-0.4, -0.2) is 26.4 Å². The molecule has 0 aromatic heterocycles. The molecular weight excluding hydrogens is 493 g/mol. The number of benzene rings is 3. The van der Waals surface area contributed by atoms with Crippen LogP contribution in [0.5, 0.6) is 5.75 Å². The SMILES string of the molecule is COc1ccc(S(=O)(=O)N2C(=O)C(N)(c3ccccc3Cl)c3cc(Cl)ccc32)c([N+](=O)[O-])c1. The number of nitrogens with two attached hydrogens (primary N) is 1. The van der Waals surface area contributed by atoms with E-state index in [1.54, 1.807) is 12.1 Å². The summed E-state index contributed by atoms with van der Waals surface area (Å²) < 4.78 is 32.7. The molecule has 1 unspecified atom stereocenters. The van der Waals surface area contributed by atoms with E-state index in [1.807, 2.05) is 0 Å². The van der Waals surface area contributed by atoms with Crippen LogP contribution in [0.25, 0.3) is 0 Å². The number of anilines is 1. The highest BCUT2D eigenvalue weighted by Gasteiger charge is 2.55. The number of carbonyl (C=O) groups excluding carboxylic acids is 1. The van der Waals surface area contributed by atoms with Crippen molar-refractivity contribution < 1.29 is 22.9 Å². The van der Waals surface area contributed by atoms with Gasteiger partial charge in [-0.1, -0.05) is 41.4 Å². The van der Waals surface area contributed by atoms with Crippen LogP contribution in [-0.2, 0) is 20.4 Å². The van der Waals surface area contributed by atoms with Gasteiger partial charge in [-0.05, 0) is 36.4 Å². The highest BCUT2D eigenvalue weighted by molar-refractivity contribution is 7.93. The van der Waals surface area contributed by atoms with Gasteiger partial charge in [0.2, 0.25) is 0 Å². The number of hydrogen-bond acceptors (Lipinski definition) is 7. The summed E-state index contributed by atoms with van der Waals surface area (Å²) in [6.07, 6.45) is 0. The van der Waals surface area contributed by atoms with Crippen LogP contribution in [0.4, 0.5) is 11.4 Å². The van der Waals surface area contributed by atoms with E-state index < -0.39 is 37.0 Å². The standard InChI is InChI=1S/C21H15Cl2N3O6S/c1-32-13-7-9-19(18(11-13)26(28)29)33(30,31)25-17-8-6-12(22)10-15(17)21(24,20(25)27)14-4-2-3-5-16(14)23/h2-11H,24H2,1H3. The lowest BCUT2D eigenvalue weighted by atomic mass is 9.85. The van der Waals surface area contributed by atoms with E-state index in [0.717, 1.165) is 12.1 Å². The lowest BCUT2D eigenvalue weighted by Gasteiger charge is -2.25. The molecule has 33 heavy (non-hydrogen) atoms. The number of methoxy groups -OCH3 is 1. The fourth-order valence-electron chi connectivity index (χ4n) is 3.75. The molecule has 1 heterocycles. The van der Waals surface area contributed by atoms with E-state index in [1.165, 1.54) is 43.5 Å². The van der Waals surface area contributed by atoms with Crippen molar-refractivity contribution in [1.29, 1.82) is 0 Å². The molecule has 0 saturated carbocycles. The number of nitro groups is 1. The van der Waals surface area contributed by atoms with E-state index in [0.29, 0.717) is 4.31 Å². The van der Waals surface area contributed by atoms with Crippen LogP contribution in [0.1, 0.15) is 11.1 Å². The van der Waals surface area contributed by atoms with Gasteiger partial charge in [-0.25, -0.2) is 12.7 Å². The lowest BCUT2D eigenvalue weighted by molar-refractivity contribution is -0.387. The molecule has 0 aliphatic carbocycles. The summed E-state index contributed by atoms with van der Waals surface area (Å²) in [5.74, 6) is -0.984. The van der Waals surface area contributed by atoms with E-state index >= 15 is 0 Å². The third kappa shape index (κ3) is 3.42. The molecule has 170 valence electrons. The number of fused-ring (bicyclic) bond motifs is 1. The molecular formula is C21H15Cl2N3O6S. The third-order valence-electron chi connectivity index (χ3n) is 5.30. The quantitative estimate of drug-likeness (QED) is 0.409. The van der Waals surface area contributed by atoms with Gasteiger partial charge in [0.15, 0.2) is 10.4 Å². The van der Waals surface area contributed by atoms with E-state index in [2.05, 4.69) is 0 Å². The van der Waals surface area contributed by atoms with Crippen LogP contribution < -0.4 is 14.8 Å². The van der Waals surface area contributed by atoms with Crippen molar-refractivity contribution in [2.75, 3.05) is 11.4 Å². The molecule has 4 rings (SSSR count). The van der Waals surface area contributed by atoms with Crippen LogP contribution >= 0.6 is 23.2 Å². The smallest absolute Gasteiger partial charge is 0.293 e. The highest BCUT2D eigenvalue weighted by atomic mass is 35.5. The number of sulfonamides is 1. The Balaban J connectivity index is 2.00. The summed E-state index contributed by atoms with van der Waals surface area (Å²) in [6.45, 7) is 0. The maximum Gasteiger partial charge on any atom is 0.293 e. The molecule has 1 amide bonds. The van der Waals surface area contributed by atoms with Crippen molar-refractivity contribution in [3.05, 3.63) is 92.0 Å². The first-order valence-electron chi connectivity index (χ1n) is 9.29. The second-order valence-electron chi connectivity index (χ2n) is 7.11. The Bertz CT molecular complexity index is 1430. The Morgan fingerprint density at radius 3 is 2.39 bits per heavy atom. The van der Waals surface area contributed by atoms with Crippen LogP contribution in [0.15, 0.2) is 65.6 Å². The summed E-state index contributed by atoms with van der Waals surface area (Å²) in [5, 5.41) is 12.0. The zero-order valence-electron chi connectivity index (χ0n) is 16.9. The molecule has 12 heteroatoms. The number of hydrogen-bond donors (Lipinski definition) is 1. The molecule has 1 atom stereocenters. The summed E-state index contributed by atoms with van der Waals surface area (Å²) in [5.41, 5.74) is 3.95. The van der Waals surface area contributed by atoms with E-state index in [4.69, 9.17) is 33.7 Å². The first-order chi connectivity index (χ1) is 15.5. The van der Waals surface area contributed by atoms with Gasteiger partial charge in [-0.3, -0.25) is 14.9 Å². The molecule has 1 aliphatic heterocycles. The van der Waals surface area contributed by atoms with Gasteiger partial charge < -0.3 is 10.5 Å². The summed E-state index contributed by atoms with van der Waals surface area (Å²) in [6, 6.07) is 13.5. The number of amides is 1. The molecule has 3 aromatic carbocycles. The number of rotatable bonds is 5. The zero-order chi connectivity index (χ0) is 24.1. The minimum Gasteiger partial charge on any atom is -0.497 e. The van der Waals surface area contributed by atoms with Gasteiger partial charge in [0.05, 0.1) is 23.8 Å². The number of nitrogens with zero attached hydrogens (tertiary/aromatic N) is 2. The Kier molecular flexibility index (Phi) is 5.57. The molecule has 0 saturated heterocycles. The average molecular weight is 508 g/mol. The van der Waals surface area contributed by atoms with Gasteiger partial charge in [0.1, 0.15) is 5.75 Å². The van der Waals surface area contributed by atoms with Crippen molar-refractivity contribution >= 4 is 50.5 Å². The second kappa shape index (κ2) is 7.99. The van der Waals surface area contributed by atoms with E-state index in [-0.39, 0.29) is 32.6 Å². The average Bonchev–Trinajstić information content (AvgIpc) is 3.01. The molecule has 0 fully saturated rings. The van der Waals surface area contributed by atoms with Crippen molar-refractivity contribution in [2.45, 2.75) is 10.4 Å². The Morgan fingerprint density at radius 1 is 1.06 bits per heavy atom. The van der Waals surface area contributed by atoms with Crippen molar-refractivity contribution in [3.8, 4) is 5.75 Å². The van der Waals surface area contributed by atoms with Crippen molar-refractivity contribution in [2.24, 2.45) is 5.73 Å². The van der Waals surface area contributed by atoms with Crippen LogP contribution in [0, 0.1) is 10.1 Å². The number of halogens is 2. The minimum atomic E-state index is -4.79. The monoisotopic (exact) mass is 507 g/mol. The number of carbonyl (C=O) groups is 1. The minimum absolute atomic E-state index is 0.0739. The number of nitro benzene ring substituents is 1. The molecule has 1 aliphatic rings. The predicted molar refractivity (Wildman–Crippen MR) is 122 cm³/mol. The zero-order valence-corrected chi connectivity index (χ0v) is 19.2. The largest absolute Gasteiger partial charge is 0.497 e. The molecule has 0 radical (unpaired) electrons. The van der Waals surface area contributed by atoms with Gasteiger partial charge >= 0.3 is 0 Å². The molecule has 9 nitrogen and oxygen atoms in total. The second-order valence-corrected chi connectivity index (χ2v) is 9.71. The Labute approximate surface area is 198 Å². The van der Waals surface area contributed by atoms with Gasteiger partial charge in [-0.2, -0.15) is 0 Å². The summed E-state index contributed by atoms with van der Waals surface area (Å²) >= 11 is 12.4. The van der Waals surface area contributed by atoms with Crippen molar-refractivity contribution in [1.82, 2.24) is 0 Å². The molecule has 0 spiro atoms. The Hall–Kier alpha value is -3.18.